The number of aromatic nitrogens is 2. The zero-order chi connectivity index (χ0) is 12.0. The fourth-order valence-electron chi connectivity index (χ4n) is 2.19. The van der Waals surface area contributed by atoms with Crippen molar-refractivity contribution >= 4 is 12.6 Å². The largest absolute Gasteiger partial charge is 0.269 e. The molecule has 3 heteroatoms. The quantitative estimate of drug-likeness (QED) is 0.570. The van der Waals surface area contributed by atoms with Crippen LogP contribution >= 0.6 is 12.6 Å². The topological polar surface area (TPSA) is 17.8 Å². The molecule has 0 amide bonds. The zero-order valence-corrected chi connectivity index (χ0v) is 11.7. The van der Waals surface area contributed by atoms with E-state index in [-0.39, 0.29) is 0 Å². The molecule has 0 aliphatic rings. The molecule has 0 fully saturated rings. The van der Waals surface area contributed by atoms with Gasteiger partial charge >= 0.3 is 0 Å². The van der Waals surface area contributed by atoms with Gasteiger partial charge in [0.25, 0.3) is 0 Å². The van der Waals surface area contributed by atoms with E-state index in [1.165, 1.54) is 42.6 Å². The predicted molar refractivity (Wildman–Crippen MR) is 73.4 cm³/mol. The molecule has 0 spiro atoms. The first-order valence-corrected chi connectivity index (χ1v) is 6.97. The van der Waals surface area contributed by atoms with Gasteiger partial charge in [0, 0.05) is 12.2 Å². The summed E-state index contributed by atoms with van der Waals surface area (Å²) in [5.74, 6) is 1.01. The number of rotatable bonds is 7. The summed E-state index contributed by atoms with van der Waals surface area (Å²) in [5, 5.41) is 4.60. The fourth-order valence-corrected chi connectivity index (χ4v) is 2.41. The van der Waals surface area contributed by atoms with Gasteiger partial charge in [0.05, 0.1) is 5.69 Å². The molecule has 0 aliphatic heterocycles. The molecule has 0 bridgehead atoms. The van der Waals surface area contributed by atoms with E-state index in [0.29, 0.717) is 0 Å². The molecule has 16 heavy (non-hydrogen) atoms. The normalized spacial score (nSPS) is 11.0. The molecule has 0 radical (unpaired) electrons. The average molecular weight is 240 g/mol. The van der Waals surface area contributed by atoms with Gasteiger partial charge < -0.3 is 0 Å². The number of hydrogen-bond acceptors (Lipinski definition) is 2. The first-order valence-electron chi connectivity index (χ1n) is 6.34. The van der Waals surface area contributed by atoms with Crippen LogP contribution in [0.1, 0.15) is 49.6 Å². The van der Waals surface area contributed by atoms with Crippen molar-refractivity contribution in [1.82, 2.24) is 9.78 Å². The van der Waals surface area contributed by atoms with Gasteiger partial charge in [-0.15, -0.1) is 0 Å². The smallest absolute Gasteiger partial charge is 0.0628 e. The number of thiol groups is 1. The van der Waals surface area contributed by atoms with Crippen molar-refractivity contribution in [2.24, 2.45) is 0 Å². The predicted octanol–water partition coefficient (Wildman–Crippen LogP) is 3.55. The van der Waals surface area contributed by atoms with Crippen molar-refractivity contribution in [2.75, 3.05) is 5.75 Å². The van der Waals surface area contributed by atoms with Crippen LogP contribution in [0.5, 0.6) is 0 Å². The van der Waals surface area contributed by atoms with E-state index in [0.717, 1.165) is 18.7 Å². The van der Waals surface area contributed by atoms with Crippen molar-refractivity contribution in [2.45, 2.75) is 59.4 Å². The van der Waals surface area contributed by atoms with E-state index in [9.17, 15) is 0 Å². The van der Waals surface area contributed by atoms with Crippen LogP contribution in [-0.4, -0.2) is 15.5 Å². The first-order chi connectivity index (χ1) is 7.70. The minimum atomic E-state index is 1.01. The third-order valence-electron chi connectivity index (χ3n) is 3.16. The van der Waals surface area contributed by atoms with Crippen LogP contribution in [0.2, 0.25) is 0 Å². The highest BCUT2D eigenvalue weighted by Gasteiger charge is 2.08. The van der Waals surface area contributed by atoms with Crippen molar-refractivity contribution in [3.8, 4) is 0 Å². The molecule has 0 saturated heterocycles. The molecular formula is C13H24N2S. The molecule has 0 saturated carbocycles. The highest BCUT2D eigenvalue weighted by molar-refractivity contribution is 7.80. The molecular weight excluding hydrogens is 216 g/mol. The standard InChI is InChI=1S/C13H24N2S/c1-4-13-11(2)14-15(12(13)3)9-7-5-6-8-10-16/h16H,4-10H2,1-3H3. The lowest BCUT2D eigenvalue weighted by Crippen LogP contribution is -2.03. The molecule has 1 aromatic heterocycles. The van der Waals surface area contributed by atoms with Crippen molar-refractivity contribution in [3.63, 3.8) is 0 Å². The van der Waals surface area contributed by atoms with E-state index in [1.54, 1.807) is 0 Å². The van der Waals surface area contributed by atoms with Gasteiger partial charge in [-0.1, -0.05) is 19.8 Å². The number of unbranched alkanes of at least 4 members (excludes halogenated alkanes) is 3. The van der Waals surface area contributed by atoms with E-state index in [4.69, 9.17) is 0 Å². The minimum absolute atomic E-state index is 1.01. The van der Waals surface area contributed by atoms with Crippen LogP contribution < -0.4 is 0 Å². The van der Waals surface area contributed by atoms with Gasteiger partial charge in [0.1, 0.15) is 0 Å². The third kappa shape index (κ3) is 3.55. The second-order valence-electron chi connectivity index (χ2n) is 4.36. The monoisotopic (exact) mass is 240 g/mol. The van der Waals surface area contributed by atoms with Gasteiger partial charge in [-0.25, -0.2) is 0 Å². The Hall–Kier alpha value is -0.440. The van der Waals surface area contributed by atoms with Crippen LogP contribution in [0, 0.1) is 13.8 Å². The summed E-state index contributed by atoms with van der Waals surface area (Å²) < 4.78 is 2.18. The molecule has 0 N–H and O–H groups in total. The van der Waals surface area contributed by atoms with E-state index < -0.39 is 0 Å². The molecule has 0 aromatic carbocycles. The van der Waals surface area contributed by atoms with Crippen molar-refractivity contribution in [3.05, 3.63) is 17.0 Å². The summed E-state index contributed by atoms with van der Waals surface area (Å²) in [6, 6.07) is 0. The molecule has 1 heterocycles. The molecule has 2 nitrogen and oxygen atoms in total. The highest BCUT2D eigenvalue weighted by atomic mass is 32.1. The van der Waals surface area contributed by atoms with Gasteiger partial charge in [-0.2, -0.15) is 17.7 Å². The second-order valence-corrected chi connectivity index (χ2v) is 4.81. The summed E-state index contributed by atoms with van der Waals surface area (Å²) in [6.07, 6.45) is 6.15. The van der Waals surface area contributed by atoms with E-state index in [2.05, 4.69) is 43.2 Å². The Morgan fingerprint density at radius 3 is 2.38 bits per heavy atom. The molecule has 0 atom stereocenters. The molecule has 92 valence electrons. The molecule has 1 rings (SSSR count). The second kappa shape index (κ2) is 7.00. The minimum Gasteiger partial charge on any atom is -0.269 e. The number of nitrogens with zero attached hydrogens (tertiary/aromatic N) is 2. The Morgan fingerprint density at radius 2 is 1.81 bits per heavy atom. The van der Waals surface area contributed by atoms with Crippen LogP contribution in [-0.2, 0) is 13.0 Å². The summed E-state index contributed by atoms with van der Waals surface area (Å²) in [7, 11) is 0. The van der Waals surface area contributed by atoms with Crippen LogP contribution in [0.4, 0.5) is 0 Å². The number of hydrogen-bond donors (Lipinski definition) is 1. The highest BCUT2D eigenvalue weighted by Crippen LogP contribution is 2.14. The van der Waals surface area contributed by atoms with Gasteiger partial charge in [0.2, 0.25) is 0 Å². The zero-order valence-electron chi connectivity index (χ0n) is 10.8. The lowest BCUT2D eigenvalue weighted by molar-refractivity contribution is 0.530. The lowest BCUT2D eigenvalue weighted by atomic mass is 10.1. The maximum Gasteiger partial charge on any atom is 0.0628 e. The van der Waals surface area contributed by atoms with Gasteiger partial charge in [-0.05, 0) is 44.4 Å². The van der Waals surface area contributed by atoms with E-state index >= 15 is 0 Å². The Balaban J connectivity index is 2.42. The Bertz CT molecular complexity index is 318. The SMILES string of the molecule is CCc1c(C)nn(CCCCCCS)c1C. The Morgan fingerprint density at radius 1 is 1.12 bits per heavy atom. The average Bonchev–Trinajstić information content (AvgIpc) is 2.53. The van der Waals surface area contributed by atoms with Crippen molar-refractivity contribution in [1.29, 1.82) is 0 Å². The Labute approximate surface area is 105 Å². The maximum absolute atomic E-state index is 4.60. The van der Waals surface area contributed by atoms with Gasteiger partial charge in [0.15, 0.2) is 0 Å². The van der Waals surface area contributed by atoms with Gasteiger partial charge in [-0.3, -0.25) is 4.68 Å². The maximum atomic E-state index is 4.60. The lowest BCUT2D eigenvalue weighted by Gasteiger charge is -2.04. The summed E-state index contributed by atoms with van der Waals surface area (Å²) >= 11 is 4.22. The third-order valence-corrected chi connectivity index (χ3v) is 3.48. The molecule has 0 unspecified atom stereocenters. The molecule has 1 aromatic rings. The summed E-state index contributed by atoms with van der Waals surface area (Å²) in [4.78, 5) is 0. The number of aryl methyl sites for hydroxylation is 2. The van der Waals surface area contributed by atoms with Crippen LogP contribution in [0.25, 0.3) is 0 Å². The van der Waals surface area contributed by atoms with Crippen LogP contribution in [0.15, 0.2) is 0 Å². The fraction of sp³-hybridized carbons (Fsp3) is 0.769. The van der Waals surface area contributed by atoms with E-state index in [1.807, 2.05) is 0 Å². The van der Waals surface area contributed by atoms with Crippen molar-refractivity contribution < 1.29 is 0 Å². The first kappa shape index (κ1) is 13.6. The Kier molecular flexibility index (Phi) is 5.96. The summed E-state index contributed by atoms with van der Waals surface area (Å²) in [5.41, 5.74) is 3.99. The van der Waals surface area contributed by atoms with Crippen LogP contribution in [0.3, 0.4) is 0 Å². The summed E-state index contributed by atoms with van der Waals surface area (Å²) in [6.45, 7) is 7.57. The molecule has 0 aliphatic carbocycles.